The normalized spacial score (nSPS) is 14.1. The van der Waals surface area contributed by atoms with Gasteiger partial charge in [0.25, 0.3) is 0 Å². The Labute approximate surface area is 383 Å². The van der Waals surface area contributed by atoms with Crippen molar-refractivity contribution in [3.05, 3.63) is 145 Å². The molecule has 312 valence electrons. The van der Waals surface area contributed by atoms with Crippen LogP contribution in [-0.2, 0) is 49.0 Å². The standard InChI is InChI=1S/2C26H31.2CH3.2ClH.Si.Zr/c2*1-3-7-20-10-12-23(13-11-20)25-15-19(2)14-24-17-22(18-26(24)25)16-21-8-5-4-6-9-21;;;;;;/h2*10-15,17-18,21H,3-9,16H2,1-2H3;2*1H3;2*1H;;/q4*-1;;;;. The molecule has 6 aromatic rings. The Bertz CT molecular complexity index is 1910. The molecule has 0 nitrogen and oxygen atoms in total. The van der Waals surface area contributed by atoms with E-state index in [0.29, 0.717) is 0 Å². The van der Waals surface area contributed by atoms with Gasteiger partial charge in [0.2, 0.25) is 0 Å². The van der Waals surface area contributed by atoms with Crippen molar-refractivity contribution in [1.29, 1.82) is 0 Å². The maximum absolute atomic E-state index is 3.06. The Balaban J connectivity index is 0.000000360. The zero-order chi connectivity index (χ0) is 37.9. The number of rotatable bonds is 10. The van der Waals surface area contributed by atoms with E-state index in [9.17, 15) is 0 Å². The van der Waals surface area contributed by atoms with Gasteiger partial charge in [-0.05, 0) is 73.6 Å². The van der Waals surface area contributed by atoms with E-state index in [1.165, 1.54) is 192 Å². The van der Waals surface area contributed by atoms with Crippen LogP contribution in [0.15, 0.2) is 97.1 Å². The summed E-state index contributed by atoms with van der Waals surface area (Å²) in [6.45, 7) is 12.0. The summed E-state index contributed by atoms with van der Waals surface area (Å²) in [5.41, 5.74) is 14.2. The first-order valence-corrected chi connectivity index (χ1v) is 25.5. The van der Waals surface area contributed by atoms with Gasteiger partial charge in [0.15, 0.2) is 0 Å². The van der Waals surface area contributed by atoms with Crippen molar-refractivity contribution in [2.24, 2.45) is 11.8 Å². The first kappa shape index (κ1) is 51.9. The van der Waals surface area contributed by atoms with Crippen LogP contribution in [0.1, 0.15) is 124 Å². The summed E-state index contributed by atoms with van der Waals surface area (Å²) in [5.74, 6) is 1.80. The van der Waals surface area contributed by atoms with E-state index < -0.39 is 0 Å². The summed E-state index contributed by atoms with van der Waals surface area (Å²) in [6.07, 6.45) is 21.6. The number of aryl methyl sites for hydroxylation is 4. The van der Waals surface area contributed by atoms with Crippen LogP contribution < -0.4 is 0 Å². The van der Waals surface area contributed by atoms with E-state index in [1.54, 1.807) is 11.1 Å². The second-order valence-electron chi connectivity index (χ2n) is 16.7. The van der Waals surface area contributed by atoms with E-state index in [2.05, 4.69) is 132 Å². The molecule has 0 heterocycles. The Morgan fingerprint density at radius 2 is 0.862 bits per heavy atom. The fourth-order valence-electron chi connectivity index (χ4n) is 9.51. The van der Waals surface area contributed by atoms with Gasteiger partial charge >= 0.3 is 30.2 Å². The zero-order valence-electron chi connectivity index (χ0n) is 36.5. The molecule has 2 aliphatic rings. The number of hydrogen-bond acceptors (Lipinski definition) is 0. The van der Waals surface area contributed by atoms with E-state index in [-0.39, 0.29) is 39.7 Å². The first-order chi connectivity index (χ1) is 26.4. The molecule has 0 bridgehead atoms. The molecular formula is C54H70Cl2SiZr-4. The van der Waals surface area contributed by atoms with Gasteiger partial charge in [0.1, 0.15) is 0 Å². The molecule has 0 aliphatic heterocycles. The van der Waals surface area contributed by atoms with Crippen molar-refractivity contribution >= 4 is 53.2 Å². The van der Waals surface area contributed by atoms with E-state index in [0.717, 1.165) is 11.8 Å². The molecule has 0 N–H and O–H groups in total. The molecule has 8 rings (SSSR count). The molecule has 0 aromatic heterocycles. The monoisotopic (exact) mass is 906 g/mol. The van der Waals surface area contributed by atoms with Gasteiger partial charge in [-0.2, -0.15) is 12.1 Å². The molecule has 4 heteroatoms. The molecule has 0 spiro atoms. The third kappa shape index (κ3) is 13.9. The summed E-state index contributed by atoms with van der Waals surface area (Å²) in [5, 5.41) is 5.71. The summed E-state index contributed by atoms with van der Waals surface area (Å²) in [7, 11) is 0. The van der Waals surface area contributed by atoms with Gasteiger partial charge in [-0.25, -0.2) is 0 Å². The molecular weight excluding hydrogens is 839 g/mol. The number of hydrogen-bond donors (Lipinski definition) is 0. The van der Waals surface area contributed by atoms with Gasteiger partial charge in [0, 0.05) is 0 Å². The molecule has 2 radical (unpaired) electrons. The van der Waals surface area contributed by atoms with Gasteiger partial charge in [-0.3, -0.25) is 0 Å². The first-order valence-electron chi connectivity index (χ1n) is 21.3. The molecule has 0 unspecified atom stereocenters. The Morgan fingerprint density at radius 3 is 1.19 bits per heavy atom. The second kappa shape index (κ2) is 26.2. The summed E-state index contributed by atoms with van der Waals surface area (Å²) < 4.78 is 0. The van der Waals surface area contributed by atoms with Crippen LogP contribution in [0, 0.1) is 40.5 Å². The minimum atomic E-state index is 0. The molecule has 0 atom stereocenters. The van der Waals surface area contributed by atoms with Crippen molar-refractivity contribution < 1.29 is 23.3 Å². The summed E-state index contributed by atoms with van der Waals surface area (Å²) in [4.78, 5) is 0. The number of halogens is 2. The Morgan fingerprint density at radius 1 is 0.517 bits per heavy atom. The van der Waals surface area contributed by atoms with Gasteiger partial charge in [-0.1, -0.05) is 174 Å². The molecule has 0 saturated heterocycles. The molecule has 2 aliphatic carbocycles. The topological polar surface area (TPSA) is 0 Å². The summed E-state index contributed by atoms with van der Waals surface area (Å²) in [6, 6.07) is 37.7. The van der Waals surface area contributed by atoms with E-state index in [1.807, 2.05) is 0 Å². The van der Waals surface area contributed by atoms with E-state index in [4.69, 9.17) is 0 Å². The average Bonchev–Trinajstić information content (AvgIpc) is 3.80. The van der Waals surface area contributed by atoms with Gasteiger partial charge in [-0.15, -0.1) is 81.8 Å². The van der Waals surface area contributed by atoms with Gasteiger partial charge in [0.05, 0.1) is 0 Å². The average molecular weight is 909 g/mol. The maximum atomic E-state index is 3.06. The van der Waals surface area contributed by atoms with Crippen LogP contribution in [-0.4, -0.2) is 6.88 Å². The third-order valence-electron chi connectivity index (χ3n) is 12.2. The molecule has 2 saturated carbocycles. The Hall–Kier alpha value is -2.22. The van der Waals surface area contributed by atoms with Crippen LogP contribution in [0.2, 0.25) is 0 Å². The predicted molar refractivity (Wildman–Crippen MR) is 261 cm³/mol. The summed E-state index contributed by atoms with van der Waals surface area (Å²) >= 11 is 1.36. The van der Waals surface area contributed by atoms with Crippen molar-refractivity contribution in [2.75, 3.05) is 0 Å². The molecule has 2 fully saturated rings. The zero-order valence-corrected chi connectivity index (χ0v) is 41.6. The molecule has 6 aromatic carbocycles. The quantitative estimate of drug-likeness (QED) is 0.0949. The van der Waals surface area contributed by atoms with Crippen LogP contribution in [0.25, 0.3) is 43.8 Å². The van der Waals surface area contributed by atoms with Crippen molar-refractivity contribution in [2.45, 2.75) is 130 Å². The Kier molecular flexibility index (Phi) is 23.4. The van der Waals surface area contributed by atoms with E-state index >= 15 is 0 Å². The molecule has 58 heavy (non-hydrogen) atoms. The van der Waals surface area contributed by atoms with Crippen LogP contribution in [0.5, 0.6) is 0 Å². The number of fused-ring (bicyclic) bond motifs is 2. The van der Waals surface area contributed by atoms with Crippen LogP contribution in [0.4, 0.5) is 0 Å². The SMILES string of the molecule is CCCc1ccc(-c2cc(C)cc3[cH-]c(CC4CCCCC4)cc23)cc1.CCCc1ccc(-c2cc(C)cc3[cH-]c(CC4CCCCC4)cc23)cc1.Cl.Cl.[CH3-].[CH3-].[Si]=[Zr]. The van der Waals surface area contributed by atoms with Crippen LogP contribution >= 0.6 is 24.8 Å². The third-order valence-corrected chi connectivity index (χ3v) is 12.2. The van der Waals surface area contributed by atoms with Crippen molar-refractivity contribution in [3.8, 4) is 22.3 Å². The fraction of sp³-hybridized carbons (Fsp3) is 0.407. The van der Waals surface area contributed by atoms with Crippen LogP contribution in [0.3, 0.4) is 0 Å². The second-order valence-corrected chi connectivity index (χ2v) is 16.7. The van der Waals surface area contributed by atoms with Crippen molar-refractivity contribution in [3.63, 3.8) is 0 Å². The van der Waals surface area contributed by atoms with Crippen molar-refractivity contribution in [1.82, 2.24) is 0 Å². The molecule has 0 amide bonds. The minimum absolute atomic E-state index is 0. The number of benzene rings is 4. The van der Waals surface area contributed by atoms with Gasteiger partial charge < -0.3 is 14.9 Å². The predicted octanol–water partition coefficient (Wildman–Crippen LogP) is 16.6. The fourth-order valence-corrected chi connectivity index (χ4v) is 9.51.